The average molecular weight is 458 g/mol. The van der Waals surface area contributed by atoms with Gasteiger partial charge in [-0.15, -0.1) is 11.3 Å². The lowest BCUT2D eigenvalue weighted by Crippen LogP contribution is -2.32. The normalized spacial score (nSPS) is 13.0. The van der Waals surface area contributed by atoms with Crippen LogP contribution in [0.4, 0.5) is 5.13 Å². The Morgan fingerprint density at radius 1 is 1.21 bits per heavy atom. The average Bonchev–Trinajstić information content (AvgIpc) is 3.23. The van der Waals surface area contributed by atoms with E-state index in [9.17, 15) is 9.59 Å². The number of carbonyl (C=O) groups excluding carboxylic acids is 2. The van der Waals surface area contributed by atoms with Crippen molar-refractivity contribution in [3.05, 3.63) is 59.9 Å². The first-order valence-corrected chi connectivity index (χ1v) is 11.5. The summed E-state index contributed by atoms with van der Waals surface area (Å²) in [6.07, 6.45) is 7.53. The van der Waals surface area contributed by atoms with Crippen molar-refractivity contribution >= 4 is 35.7 Å². The molecule has 0 spiro atoms. The molecule has 0 aliphatic heterocycles. The van der Waals surface area contributed by atoms with Crippen molar-refractivity contribution in [2.75, 3.05) is 11.9 Å². The van der Waals surface area contributed by atoms with Crippen molar-refractivity contribution in [1.29, 1.82) is 0 Å². The van der Waals surface area contributed by atoms with Crippen molar-refractivity contribution in [3.8, 4) is 22.5 Å². The number of aromatic nitrogens is 5. The van der Waals surface area contributed by atoms with Crippen LogP contribution >= 0.6 is 11.3 Å². The number of carbonyl (C=O) groups is 2. The lowest BCUT2D eigenvalue weighted by atomic mass is 10.0. The van der Waals surface area contributed by atoms with Crippen LogP contribution in [0.2, 0.25) is 6.82 Å². The predicted molar refractivity (Wildman–Crippen MR) is 127 cm³/mol. The third-order valence-electron chi connectivity index (χ3n) is 5.27. The number of nitrogens with one attached hydrogen (secondary N) is 2. The molecule has 1 aromatic carbocycles. The molecule has 33 heavy (non-hydrogen) atoms. The molecule has 0 atom stereocenters. The molecule has 165 valence electrons. The van der Waals surface area contributed by atoms with Crippen LogP contribution in [0.1, 0.15) is 29.2 Å². The molecule has 0 unspecified atom stereocenters. The predicted octanol–water partition coefficient (Wildman–Crippen LogP) is 3.09. The molecule has 4 aromatic rings. The van der Waals surface area contributed by atoms with Crippen molar-refractivity contribution < 1.29 is 9.59 Å². The Hall–Kier alpha value is -3.73. The smallest absolute Gasteiger partial charge is 0.253 e. The Bertz CT molecular complexity index is 1310. The summed E-state index contributed by atoms with van der Waals surface area (Å²) in [5, 5.41) is 16.7. The van der Waals surface area contributed by atoms with Gasteiger partial charge in [0.15, 0.2) is 5.13 Å². The van der Waals surface area contributed by atoms with E-state index in [4.69, 9.17) is 0 Å². The van der Waals surface area contributed by atoms with Gasteiger partial charge in [-0.3, -0.25) is 9.59 Å². The molecule has 0 saturated heterocycles. The molecule has 1 aliphatic rings. The summed E-state index contributed by atoms with van der Waals surface area (Å²) in [7, 11) is 1.83. The molecule has 1 fully saturated rings. The van der Waals surface area contributed by atoms with Crippen LogP contribution in [0.5, 0.6) is 0 Å². The number of nitrogens with zero attached hydrogens (tertiary/aromatic N) is 5. The van der Waals surface area contributed by atoms with E-state index in [0.717, 1.165) is 35.4 Å². The van der Waals surface area contributed by atoms with Crippen LogP contribution in [0, 0.1) is 0 Å². The number of rotatable bonds is 8. The zero-order valence-corrected chi connectivity index (χ0v) is 18.7. The van der Waals surface area contributed by atoms with E-state index < -0.39 is 0 Å². The topological polar surface area (TPSA) is 107 Å². The quantitative estimate of drug-likeness (QED) is 0.395. The molecule has 2 N–H and O–H groups in total. The van der Waals surface area contributed by atoms with Crippen LogP contribution in [0.25, 0.3) is 22.5 Å². The summed E-state index contributed by atoms with van der Waals surface area (Å²) >= 11 is 1.33. The van der Waals surface area contributed by atoms with Crippen molar-refractivity contribution in [1.82, 2.24) is 29.8 Å². The van der Waals surface area contributed by atoms with Gasteiger partial charge in [0.05, 0.1) is 30.0 Å². The van der Waals surface area contributed by atoms with Gasteiger partial charge in [-0.2, -0.15) is 15.0 Å². The summed E-state index contributed by atoms with van der Waals surface area (Å²) < 4.78 is 1.77. The third-order valence-corrected chi connectivity index (χ3v) is 6.03. The van der Waals surface area contributed by atoms with Gasteiger partial charge < -0.3 is 15.1 Å². The lowest BCUT2D eigenvalue weighted by Gasteiger charge is -2.04. The van der Waals surface area contributed by atoms with Gasteiger partial charge in [-0.05, 0) is 31.2 Å². The molecule has 1 radical (unpaired) electrons. The van der Waals surface area contributed by atoms with E-state index >= 15 is 0 Å². The number of anilines is 1. The zero-order valence-electron chi connectivity index (χ0n) is 17.9. The standard InChI is InChI=1S/C22H21BN7O2S/c1-23-29-8-7-16(12-29)21(32)24-11-20(31)27-22-26-19(13-33-22)15-4-2-3-14(9-15)18-10-25-30(28-18)17-5-6-17/h2-4,7-10,12-13,17H,5-6,11H2,1H3,(H,24,32)(H,26,27,31). The van der Waals surface area contributed by atoms with Gasteiger partial charge >= 0.3 is 0 Å². The van der Waals surface area contributed by atoms with E-state index in [-0.39, 0.29) is 18.4 Å². The molecule has 1 saturated carbocycles. The summed E-state index contributed by atoms with van der Waals surface area (Å²) in [5.74, 6) is -0.641. The fourth-order valence-corrected chi connectivity index (χ4v) is 4.06. The second-order valence-corrected chi connectivity index (χ2v) is 8.59. The number of thiazole rings is 1. The van der Waals surface area contributed by atoms with E-state index in [1.165, 1.54) is 11.3 Å². The maximum atomic E-state index is 12.3. The number of hydrogen-bond acceptors (Lipinski definition) is 6. The van der Waals surface area contributed by atoms with Crippen molar-refractivity contribution in [2.24, 2.45) is 0 Å². The van der Waals surface area contributed by atoms with Crippen molar-refractivity contribution in [2.45, 2.75) is 25.7 Å². The molecule has 5 rings (SSSR count). The molecule has 3 aromatic heterocycles. The molecular formula is C22H21BN7O2S. The number of amides is 2. The van der Waals surface area contributed by atoms with Crippen LogP contribution in [0.15, 0.2) is 54.3 Å². The fourth-order valence-electron chi connectivity index (χ4n) is 3.33. The second kappa shape index (κ2) is 9.03. The lowest BCUT2D eigenvalue weighted by molar-refractivity contribution is -0.115. The van der Waals surface area contributed by atoms with E-state index in [1.807, 2.05) is 43.9 Å². The van der Waals surface area contributed by atoms with Crippen LogP contribution in [0.3, 0.4) is 0 Å². The van der Waals surface area contributed by atoms with Crippen LogP contribution < -0.4 is 10.6 Å². The largest absolute Gasteiger partial charge is 0.402 e. The van der Waals surface area contributed by atoms with Crippen LogP contribution in [-0.2, 0) is 4.79 Å². The zero-order chi connectivity index (χ0) is 22.8. The van der Waals surface area contributed by atoms with Crippen LogP contribution in [-0.4, -0.2) is 50.2 Å². The highest BCUT2D eigenvalue weighted by atomic mass is 32.1. The van der Waals surface area contributed by atoms with Crippen molar-refractivity contribution in [3.63, 3.8) is 0 Å². The SMILES string of the molecule is C[B]n1ccc(C(=O)NCC(=O)Nc2nc(-c3cccc(-c4cnn(C5CC5)n4)c3)cs2)c1. The molecule has 1 aliphatic carbocycles. The van der Waals surface area contributed by atoms with E-state index in [1.54, 1.807) is 33.9 Å². The molecular weight excluding hydrogens is 437 g/mol. The Kier molecular flexibility index (Phi) is 5.78. The Morgan fingerprint density at radius 2 is 2.03 bits per heavy atom. The Balaban J connectivity index is 1.20. The van der Waals surface area contributed by atoms with Gasteiger partial charge in [0, 0.05) is 22.7 Å². The highest BCUT2D eigenvalue weighted by molar-refractivity contribution is 7.14. The number of hydrogen-bond donors (Lipinski definition) is 2. The first-order chi connectivity index (χ1) is 16.1. The minimum absolute atomic E-state index is 0.138. The molecule has 0 bridgehead atoms. The number of benzene rings is 1. The Labute approximate surface area is 195 Å². The fraction of sp³-hybridized carbons (Fsp3) is 0.227. The molecule has 9 nitrogen and oxygen atoms in total. The summed E-state index contributed by atoms with van der Waals surface area (Å²) in [4.78, 5) is 30.7. The highest BCUT2D eigenvalue weighted by Crippen LogP contribution is 2.34. The van der Waals surface area contributed by atoms with E-state index in [2.05, 4.69) is 25.8 Å². The highest BCUT2D eigenvalue weighted by Gasteiger charge is 2.25. The first kappa shape index (κ1) is 21.1. The summed E-state index contributed by atoms with van der Waals surface area (Å²) in [6.45, 7) is 1.73. The van der Waals surface area contributed by atoms with Gasteiger partial charge in [0.2, 0.25) is 13.3 Å². The second-order valence-electron chi connectivity index (χ2n) is 7.74. The van der Waals surface area contributed by atoms with Gasteiger partial charge in [0.25, 0.3) is 5.91 Å². The van der Waals surface area contributed by atoms with Gasteiger partial charge in [0.1, 0.15) is 5.69 Å². The first-order valence-electron chi connectivity index (χ1n) is 10.6. The molecule has 2 amide bonds. The third kappa shape index (κ3) is 4.88. The monoisotopic (exact) mass is 458 g/mol. The Morgan fingerprint density at radius 3 is 2.79 bits per heavy atom. The van der Waals surface area contributed by atoms with E-state index in [0.29, 0.717) is 16.7 Å². The maximum Gasteiger partial charge on any atom is 0.253 e. The summed E-state index contributed by atoms with van der Waals surface area (Å²) in [5.41, 5.74) is 3.98. The molecule has 3 heterocycles. The molecule has 11 heteroatoms. The summed E-state index contributed by atoms with van der Waals surface area (Å²) in [6, 6.07) is 10.1. The minimum Gasteiger partial charge on any atom is -0.402 e. The van der Waals surface area contributed by atoms with Gasteiger partial charge in [-0.25, -0.2) is 4.98 Å². The minimum atomic E-state index is -0.337. The maximum absolute atomic E-state index is 12.3. The van der Waals surface area contributed by atoms with Gasteiger partial charge in [-0.1, -0.05) is 25.0 Å².